The summed E-state index contributed by atoms with van der Waals surface area (Å²) < 4.78 is 24.5. The Morgan fingerprint density at radius 1 is 1.05 bits per heavy atom. The molecule has 22 heavy (non-hydrogen) atoms. The van der Waals surface area contributed by atoms with Crippen LogP contribution in [0.15, 0.2) is 34.3 Å². The molecule has 2 atom stereocenters. The first-order valence-electron chi connectivity index (χ1n) is 8.21. The zero-order chi connectivity index (χ0) is 15.6. The summed E-state index contributed by atoms with van der Waals surface area (Å²) in [7, 11) is -3.54. The van der Waals surface area contributed by atoms with E-state index in [9.17, 15) is 8.42 Å². The fourth-order valence-electron chi connectivity index (χ4n) is 3.52. The molecule has 0 aromatic heterocycles. The predicted molar refractivity (Wildman–Crippen MR) is 88.2 cm³/mol. The topological polar surface area (TPSA) is 58.5 Å². The van der Waals surface area contributed by atoms with Gasteiger partial charge in [0.05, 0.1) is 4.90 Å². The minimum Gasteiger partial charge on any atom is -0.200 e. The smallest absolute Gasteiger partial charge is 0.200 e. The lowest BCUT2D eigenvalue weighted by Gasteiger charge is -2.39. The van der Waals surface area contributed by atoms with Crippen LogP contribution in [0.1, 0.15) is 50.5 Å². The molecule has 0 spiro atoms. The molecule has 0 heterocycles. The van der Waals surface area contributed by atoms with E-state index in [1.165, 1.54) is 32.1 Å². The molecular weight excluding hydrogens is 296 g/mol. The molecule has 4 nitrogen and oxygen atoms in total. The fourth-order valence-corrected chi connectivity index (χ4v) is 4.36. The lowest BCUT2D eigenvalue weighted by Crippen LogP contribution is -2.39. The third-order valence-electron chi connectivity index (χ3n) is 4.95. The van der Waals surface area contributed by atoms with E-state index in [0.717, 1.165) is 30.0 Å². The average molecular weight is 320 g/mol. The van der Waals surface area contributed by atoms with Gasteiger partial charge >= 0.3 is 0 Å². The highest BCUT2D eigenvalue weighted by Gasteiger charge is 2.37. The van der Waals surface area contributed by atoms with Crippen LogP contribution in [0.4, 0.5) is 0 Å². The summed E-state index contributed by atoms with van der Waals surface area (Å²) in [5.41, 5.74) is 2.09. The molecule has 2 saturated carbocycles. The van der Waals surface area contributed by atoms with Crippen molar-refractivity contribution in [1.29, 1.82) is 0 Å². The summed E-state index contributed by atoms with van der Waals surface area (Å²) in [6, 6.07) is 6.85. The van der Waals surface area contributed by atoms with Gasteiger partial charge in [-0.3, -0.25) is 0 Å². The van der Waals surface area contributed by atoms with Gasteiger partial charge in [0, 0.05) is 11.6 Å². The molecule has 3 rings (SSSR count). The van der Waals surface area contributed by atoms with Gasteiger partial charge in [-0.1, -0.05) is 43.4 Å². The molecule has 2 aliphatic rings. The molecule has 0 aliphatic heterocycles. The van der Waals surface area contributed by atoms with Crippen molar-refractivity contribution in [2.75, 3.05) is 0 Å². The summed E-state index contributed by atoms with van der Waals surface area (Å²) in [5, 5.41) is 4.24. The molecule has 2 aliphatic carbocycles. The van der Waals surface area contributed by atoms with Crippen molar-refractivity contribution in [3.63, 3.8) is 0 Å². The largest absolute Gasteiger partial charge is 0.276 e. The normalized spacial score (nSPS) is 27.4. The van der Waals surface area contributed by atoms with Crippen LogP contribution in [-0.2, 0) is 10.0 Å². The van der Waals surface area contributed by atoms with E-state index < -0.39 is 10.0 Å². The number of hydrogen-bond donors (Lipinski definition) is 1. The van der Waals surface area contributed by atoms with E-state index in [0.29, 0.717) is 5.92 Å². The first-order chi connectivity index (χ1) is 10.6. The summed E-state index contributed by atoms with van der Waals surface area (Å²) in [6.45, 7) is 1.94. The summed E-state index contributed by atoms with van der Waals surface area (Å²) in [6.07, 6.45) is 8.58. The van der Waals surface area contributed by atoms with Gasteiger partial charge in [0.2, 0.25) is 0 Å². The maximum absolute atomic E-state index is 12.3. The second-order valence-electron chi connectivity index (χ2n) is 6.57. The molecule has 2 fully saturated rings. The van der Waals surface area contributed by atoms with Gasteiger partial charge in [0.1, 0.15) is 0 Å². The van der Waals surface area contributed by atoms with Crippen LogP contribution in [0.5, 0.6) is 0 Å². The van der Waals surface area contributed by atoms with Crippen LogP contribution in [0.3, 0.4) is 0 Å². The molecule has 120 valence electrons. The number of hydrogen-bond acceptors (Lipinski definition) is 3. The van der Waals surface area contributed by atoms with Gasteiger partial charge in [0.25, 0.3) is 10.0 Å². The van der Waals surface area contributed by atoms with Crippen molar-refractivity contribution in [3.05, 3.63) is 29.8 Å². The van der Waals surface area contributed by atoms with Crippen molar-refractivity contribution in [3.8, 4) is 0 Å². The minimum absolute atomic E-state index is 0.274. The number of benzene rings is 1. The van der Waals surface area contributed by atoms with Crippen molar-refractivity contribution in [2.24, 2.45) is 16.9 Å². The maximum atomic E-state index is 12.3. The van der Waals surface area contributed by atoms with Gasteiger partial charge in [-0.15, -0.1) is 0 Å². The van der Waals surface area contributed by atoms with E-state index in [1.54, 1.807) is 24.3 Å². The van der Waals surface area contributed by atoms with Gasteiger partial charge < -0.3 is 0 Å². The van der Waals surface area contributed by atoms with Crippen LogP contribution >= 0.6 is 0 Å². The van der Waals surface area contributed by atoms with Gasteiger partial charge in [-0.2, -0.15) is 13.5 Å². The van der Waals surface area contributed by atoms with Gasteiger partial charge in [0.15, 0.2) is 0 Å². The van der Waals surface area contributed by atoms with E-state index in [1.807, 2.05) is 6.92 Å². The molecule has 1 aromatic carbocycles. The lowest BCUT2D eigenvalue weighted by atomic mass is 9.66. The third kappa shape index (κ3) is 3.35. The monoisotopic (exact) mass is 320 g/mol. The Bertz CT molecular complexity index is 650. The first-order valence-corrected chi connectivity index (χ1v) is 9.69. The first kappa shape index (κ1) is 15.5. The van der Waals surface area contributed by atoms with Crippen LogP contribution in [0.2, 0.25) is 0 Å². The standard InChI is InChI=1S/C17H24N2O2S/c1-13-8-10-15(11-9-13)22(20,21)19-18-17-12-14-6-4-2-3-5-7-16(14)17/h8-11,14,16,19H,2-7,12H2,1H3/b18-17-. The summed E-state index contributed by atoms with van der Waals surface area (Å²) >= 11 is 0. The number of fused-ring (bicyclic) bond motifs is 1. The summed E-state index contributed by atoms with van der Waals surface area (Å²) in [5.74, 6) is 1.23. The Kier molecular flexibility index (Phi) is 4.52. The Labute approximate surface area is 133 Å². The van der Waals surface area contributed by atoms with Crippen LogP contribution in [0, 0.1) is 18.8 Å². The molecule has 1 N–H and O–H groups in total. The van der Waals surface area contributed by atoms with Gasteiger partial charge in [-0.05, 0) is 44.2 Å². The van der Waals surface area contributed by atoms with Crippen molar-refractivity contribution < 1.29 is 8.42 Å². The Hall–Kier alpha value is -1.36. The quantitative estimate of drug-likeness (QED) is 0.865. The number of rotatable bonds is 3. The zero-order valence-corrected chi connectivity index (χ0v) is 13.9. The van der Waals surface area contributed by atoms with E-state index in [2.05, 4.69) is 9.93 Å². The molecule has 0 radical (unpaired) electrons. The second kappa shape index (κ2) is 6.41. The number of nitrogens with one attached hydrogen (secondary N) is 1. The van der Waals surface area contributed by atoms with E-state index in [-0.39, 0.29) is 4.90 Å². The minimum atomic E-state index is -3.54. The summed E-state index contributed by atoms with van der Waals surface area (Å²) in [4.78, 5) is 2.70. The number of aryl methyl sites for hydroxylation is 1. The third-order valence-corrected chi connectivity index (χ3v) is 6.17. The highest BCUT2D eigenvalue weighted by Crippen LogP contribution is 2.40. The maximum Gasteiger partial charge on any atom is 0.276 e. The van der Waals surface area contributed by atoms with Crippen LogP contribution < -0.4 is 4.83 Å². The predicted octanol–water partition coefficient (Wildman–Crippen LogP) is 3.62. The molecule has 1 aromatic rings. The molecule has 2 unspecified atom stereocenters. The number of nitrogens with zero attached hydrogens (tertiary/aromatic N) is 1. The van der Waals surface area contributed by atoms with E-state index in [4.69, 9.17) is 0 Å². The zero-order valence-electron chi connectivity index (χ0n) is 13.1. The number of hydrazone groups is 1. The molecule has 0 amide bonds. The van der Waals surface area contributed by atoms with Crippen LogP contribution in [-0.4, -0.2) is 14.1 Å². The van der Waals surface area contributed by atoms with Gasteiger partial charge in [-0.25, -0.2) is 4.83 Å². The highest BCUT2D eigenvalue weighted by atomic mass is 32.2. The Morgan fingerprint density at radius 3 is 2.45 bits per heavy atom. The lowest BCUT2D eigenvalue weighted by molar-refractivity contribution is 0.278. The van der Waals surface area contributed by atoms with E-state index >= 15 is 0 Å². The number of sulfonamides is 1. The Balaban J connectivity index is 1.67. The molecule has 0 bridgehead atoms. The highest BCUT2D eigenvalue weighted by molar-refractivity contribution is 7.89. The SMILES string of the molecule is Cc1ccc(S(=O)(=O)N/N=C2/CC3CCCCCCC23)cc1. The van der Waals surface area contributed by atoms with Crippen LogP contribution in [0.25, 0.3) is 0 Å². The molecular formula is C17H24N2O2S. The average Bonchev–Trinajstić information content (AvgIpc) is 2.46. The Morgan fingerprint density at radius 2 is 1.73 bits per heavy atom. The molecule has 0 saturated heterocycles. The van der Waals surface area contributed by atoms with Crippen molar-refractivity contribution >= 4 is 15.7 Å². The molecule has 5 heteroatoms. The second-order valence-corrected chi connectivity index (χ2v) is 8.23. The fraction of sp³-hybridized carbons (Fsp3) is 0.588. The van der Waals surface area contributed by atoms with Crippen molar-refractivity contribution in [2.45, 2.75) is 56.8 Å². The van der Waals surface area contributed by atoms with Crippen molar-refractivity contribution in [1.82, 2.24) is 4.83 Å².